The van der Waals surface area contributed by atoms with E-state index < -0.39 is 33.4 Å². The quantitative estimate of drug-likeness (QED) is 0.457. The van der Waals surface area contributed by atoms with Crippen LogP contribution in [-0.2, 0) is 19.1 Å². The smallest absolute Gasteiger partial charge is 0.311 e. The number of rotatable bonds is 5. The summed E-state index contributed by atoms with van der Waals surface area (Å²) >= 11 is 1.56. The zero-order valence-corrected chi connectivity index (χ0v) is 22.4. The number of carbonyl (C=O) groups excluding carboxylic acids is 3. The molecule has 0 aromatic carbocycles. The summed E-state index contributed by atoms with van der Waals surface area (Å²) in [5, 5.41) is 10.4. The van der Waals surface area contributed by atoms with Crippen LogP contribution < -0.4 is 0 Å². The molecule has 0 aromatic heterocycles. The molecule has 4 rings (SSSR count). The molecule has 7 atom stereocenters. The Balaban J connectivity index is 1.91. The van der Waals surface area contributed by atoms with Crippen LogP contribution in [0.15, 0.2) is 24.3 Å². The number of aliphatic hydroxyl groups is 1. The standard InChI is InChI=1S/C27H40N2O5S/c1-6-18(4)19(16-30)29-22-24(32)28(17(2)3)14-11-13-27(22)20(23(29)31)21-25(33)34-15-10-8-7-9-12-26(21,5)35-27/h9,11-13,17-22,30H,6-8,10,14-16H2,1-5H3/b12-9-/t18-,19-,20-,21+,22?,26-,27-/m0/s1. The molecule has 35 heavy (non-hydrogen) atoms. The average Bonchev–Trinajstić information content (AvgIpc) is 3.14. The van der Waals surface area contributed by atoms with Crippen molar-refractivity contribution in [3.63, 3.8) is 0 Å². The Labute approximate surface area is 213 Å². The summed E-state index contributed by atoms with van der Waals surface area (Å²) in [6.07, 6.45) is 11.6. The van der Waals surface area contributed by atoms with Gasteiger partial charge in [0.15, 0.2) is 0 Å². The summed E-state index contributed by atoms with van der Waals surface area (Å²) in [5.74, 6) is -2.14. The molecule has 0 saturated carbocycles. The first-order valence-corrected chi connectivity index (χ1v) is 13.9. The Morgan fingerprint density at radius 1 is 1.11 bits per heavy atom. The molecule has 4 aliphatic heterocycles. The van der Waals surface area contributed by atoms with Crippen molar-refractivity contribution in [3.8, 4) is 0 Å². The van der Waals surface area contributed by atoms with E-state index in [-0.39, 0.29) is 36.4 Å². The fourth-order valence-corrected chi connectivity index (χ4v) is 8.53. The highest BCUT2D eigenvalue weighted by atomic mass is 32.2. The molecule has 4 aliphatic rings. The average molecular weight is 505 g/mol. The molecule has 0 radical (unpaired) electrons. The molecule has 2 saturated heterocycles. The van der Waals surface area contributed by atoms with Crippen LogP contribution in [0.2, 0.25) is 0 Å². The molecule has 1 unspecified atom stereocenters. The summed E-state index contributed by atoms with van der Waals surface area (Å²) < 4.78 is 4.13. The molecule has 4 heterocycles. The fraction of sp³-hybridized carbons (Fsp3) is 0.741. The first-order chi connectivity index (χ1) is 16.6. The second kappa shape index (κ2) is 9.92. The van der Waals surface area contributed by atoms with E-state index in [1.54, 1.807) is 21.6 Å². The molecule has 1 spiro atoms. The fourth-order valence-electron chi connectivity index (χ4n) is 6.39. The van der Waals surface area contributed by atoms with Crippen molar-refractivity contribution < 1.29 is 24.2 Å². The van der Waals surface area contributed by atoms with E-state index >= 15 is 0 Å². The molecule has 7 nitrogen and oxygen atoms in total. The first kappa shape index (κ1) is 26.3. The lowest BCUT2D eigenvalue weighted by Gasteiger charge is -2.42. The summed E-state index contributed by atoms with van der Waals surface area (Å²) in [6, 6.07) is -1.32. The van der Waals surface area contributed by atoms with Gasteiger partial charge in [-0.05, 0) is 46.0 Å². The summed E-state index contributed by atoms with van der Waals surface area (Å²) in [4.78, 5) is 45.6. The van der Waals surface area contributed by atoms with Gasteiger partial charge in [0.05, 0.1) is 35.8 Å². The molecular weight excluding hydrogens is 464 g/mol. The van der Waals surface area contributed by atoms with Gasteiger partial charge in [0.1, 0.15) is 6.04 Å². The van der Waals surface area contributed by atoms with Gasteiger partial charge >= 0.3 is 5.97 Å². The van der Waals surface area contributed by atoms with Crippen LogP contribution in [0.3, 0.4) is 0 Å². The van der Waals surface area contributed by atoms with Gasteiger partial charge in [-0.15, -0.1) is 11.8 Å². The van der Waals surface area contributed by atoms with Crippen molar-refractivity contribution in [2.75, 3.05) is 19.8 Å². The van der Waals surface area contributed by atoms with Crippen LogP contribution in [-0.4, -0.2) is 80.1 Å². The number of esters is 1. The van der Waals surface area contributed by atoms with Gasteiger partial charge in [0.2, 0.25) is 11.8 Å². The number of aliphatic hydroxyl groups excluding tert-OH is 1. The summed E-state index contributed by atoms with van der Waals surface area (Å²) in [7, 11) is 0. The largest absolute Gasteiger partial charge is 0.465 e. The maximum absolute atomic E-state index is 14.4. The zero-order valence-electron chi connectivity index (χ0n) is 21.6. The third-order valence-electron chi connectivity index (χ3n) is 8.44. The van der Waals surface area contributed by atoms with Gasteiger partial charge in [-0.1, -0.05) is 44.6 Å². The minimum atomic E-state index is -0.907. The Bertz CT molecular complexity index is 919. The number of thioether (sulfide) groups is 1. The number of hydrogen-bond donors (Lipinski definition) is 1. The summed E-state index contributed by atoms with van der Waals surface area (Å²) in [5.41, 5.74) is 0. The van der Waals surface area contributed by atoms with Gasteiger partial charge in [-0.3, -0.25) is 14.4 Å². The molecule has 0 aromatic rings. The number of hydrogen-bond acceptors (Lipinski definition) is 6. The van der Waals surface area contributed by atoms with Crippen LogP contribution in [0.1, 0.15) is 60.3 Å². The van der Waals surface area contributed by atoms with Gasteiger partial charge < -0.3 is 19.6 Å². The highest BCUT2D eigenvalue weighted by molar-refractivity contribution is 8.02. The molecule has 2 fully saturated rings. The monoisotopic (exact) mass is 504 g/mol. The zero-order chi connectivity index (χ0) is 25.5. The van der Waals surface area contributed by atoms with Crippen molar-refractivity contribution in [2.24, 2.45) is 17.8 Å². The van der Waals surface area contributed by atoms with E-state index in [9.17, 15) is 19.5 Å². The number of cyclic esters (lactones) is 1. The predicted molar refractivity (Wildman–Crippen MR) is 137 cm³/mol. The third kappa shape index (κ3) is 4.14. The van der Waals surface area contributed by atoms with E-state index in [2.05, 4.69) is 12.2 Å². The number of carbonyl (C=O) groups is 3. The number of amides is 2. The van der Waals surface area contributed by atoms with Crippen molar-refractivity contribution in [3.05, 3.63) is 24.3 Å². The van der Waals surface area contributed by atoms with E-state index in [1.807, 2.05) is 46.8 Å². The van der Waals surface area contributed by atoms with Gasteiger partial charge in [-0.25, -0.2) is 0 Å². The Morgan fingerprint density at radius 3 is 2.51 bits per heavy atom. The van der Waals surface area contributed by atoms with E-state index in [0.29, 0.717) is 13.2 Å². The Hall–Kier alpha value is -1.80. The predicted octanol–water partition coefficient (Wildman–Crippen LogP) is 3.17. The lowest BCUT2D eigenvalue weighted by atomic mass is 9.74. The second-order valence-corrected chi connectivity index (χ2v) is 12.7. The lowest BCUT2D eigenvalue weighted by molar-refractivity contribution is -0.155. The van der Waals surface area contributed by atoms with Crippen LogP contribution in [0.25, 0.3) is 0 Å². The number of allylic oxidation sites excluding steroid dienone is 1. The maximum atomic E-state index is 14.4. The maximum Gasteiger partial charge on any atom is 0.311 e. The Morgan fingerprint density at radius 2 is 1.86 bits per heavy atom. The second-order valence-electron chi connectivity index (χ2n) is 10.9. The molecule has 0 bridgehead atoms. The van der Waals surface area contributed by atoms with Crippen molar-refractivity contribution >= 4 is 29.5 Å². The third-order valence-corrected chi connectivity index (χ3v) is 10.2. The van der Waals surface area contributed by atoms with E-state index in [0.717, 1.165) is 25.7 Å². The minimum absolute atomic E-state index is 0.000337. The molecule has 0 aliphatic carbocycles. The number of likely N-dealkylation sites (tertiary alicyclic amines) is 1. The summed E-state index contributed by atoms with van der Waals surface area (Å²) in [6.45, 7) is 10.6. The van der Waals surface area contributed by atoms with Crippen LogP contribution in [0, 0.1) is 17.8 Å². The normalized spacial score (nSPS) is 37.9. The van der Waals surface area contributed by atoms with Crippen LogP contribution >= 0.6 is 11.8 Å². The SMILES string of the molecule is CC[C@H](C)[C@H](CO)N1C(=O)[C@@H]2[C@@H]3C(=O)OCCCC/C=C\[C@]3(C)S[C@@]23C=CCN(C(C)C)C(=O)C13. The molecule has 194 valence electrons. The van der Waals surface area contributed by atoms with E-state index in [4.69, 9.17) is 4.74 Å². The first-order valence-electron chi connectivity index (χ1n) is 13.1. The van der Waals surface area contributed by atoms with Crippen molar-refractivity contribution in [1.82, 2.24) is 9.80 Å². The highest BCUT2D eigenvalue weighted by Gasteiger charge is 2.74. The molecule has 1 N–H and O–H groups in total. The van der Waals surface area contributed by atoms with Crippen LogP contribution in [0.4, 0.5) is 0 Å². The topological polar surface area (TPSA) is 87.2 Å². The number of nitrogens with zero attached hydrogens (tertiary/aromatic N) is 2. The number of ether oxygens (including phenoxy) is 1. The highest BCUT2D eigenvalue weighted by Crippen LogP contribution is 2.65. The van der Waals surface area contributed by atoms with Gasteiger partial charge in [0, 0.05) is 17.3 Å². The van der Waals surface area contributed by atoms with Crippen molar-refractivity contribution in [2.45, 2.75) is 87.9 Å². The van der Waals surface area contributed by atoms with Crippen molar-refractivity contribution in [1.29, 1.82) is 0 Å². The number of fused-ring (bicyclic) bond motifs is 2. The molecular formula is C27H40N2O5S. The van der Waals surface area contributed by atoms with Gasteiger partial charge in [0.25, 0.3) is 0 Å². The molecule has 8 heteroatoms. The Kier molecular flexibility index (Phi) is 7.45. The van der Waals surface area contributed by atoms with E-state index in [1.165, 1.54) is 0 Å². The minimum Gasteiger partial charge on any atom is -0.465 e. The molecule has 2 amide bonds. The van der Waals surface area contributed by atoms with Crippen LogP contribution in [0.5, 0.6) is 0 Å². The van der Waals surface area contributed by atoms with Gasteiger partial charge in [-0.2, -0.15) is 0 Å². The lowest BCUT2D eigenvalue weighted by Crippen LogP contribution is -2.58.